The Morgan fingerprint density at radius 1 is 1.09 bits per heavy atom. The van der Waals surface area contributed by atoms with Crippen LogP contribution in [0.4, 0.5) is 20.4 Å². The minimum absolute atomic E-state index is 0.0320. The Balaban J connectivity index is 1.53. The van der Waals surface area contributed by atoms with E-state index in [1.54, 1.807) is 12.3 Å². The lowest BCUT2D eigenvalue weighted by Crippen LogP contribution is -2.38. The molecule has 2 aromatic rings. The van der Waals surface area contributed by atoms with E-state index in [1.807, 2.05) is 38.1 Å². The highest BCUT2D eigenvalue weighted by atomic mass is 32.1. The van der Waals surface area contributed by atoms with Crippen LogP contribution in [-0.4, -0.2) is 54.9 Å². The SMILES string of the molecule is Cc1ccc(NC(=O)Nc2ncc(CNC(=O)NCCN(C)C)s2)c(C(=O)C2CCCC2)c1. The van der Waals surface area contributed by atoms with Gasteiger partial charge in [-0.25, -0.2) is 14.6 Å². The lowest BCUT2D eigenvalue weighted by molar-refractivity contribution is 0.0923. The number of nitrogens with one attached hydrogen (secondary N) is 4. The maximum Gasteiger partial charge on any atom is 0.325 e. The summed E-state index contributed by atoms with van der Waals surface area (Å²) in [5.74, 6) is 0.127. The maximum absolute atomic E-state index is 13.0. The topological polar surface area (TPSA) is 115 Å². The van der Waals surface area contributed by atoms with Crippen LogP contribution in [0.2, 0.25) is 0 Å². The van der Waals surface area contributed by atoms with E-state index in [1.165, 1.54) is 11.3 Å². The quantitative estimate of drug-likeness (QED) is 0.414. The number of urea groups is 2. The summed E-state index contributed by atoms with van der Waals surface area (Å²) in [5, 5.41) is 11.5. The minimum atomic E-state index is -0.463. The van der Waals surface area contributed by atoms with Crippen molar-refractivity contribution < 1.29 is 14.4 Å². The number of Topliss-reactive ketones (excluding diaryl/α,β-unsaturated/α-hetero) is 1. The van der Waals surface area contributed by atoms with Crippen molar-refractivity contribution in [3.05, 3.63) is 40.4 Å². The largest absolute Gasteiger partial charge is 0.337 e. The molecule has 3 rings (SSSR count). The van der Waals surface area contributed by atoms with E-state index in [0.29, 0.717) is 29.5 Å². The van der Waals surface area contributed by atoms with Crippen LogP contribution in [0.5, 0.6) is 0 Å². The first kappa shape index (κ1) is 24.7. The molecule has 0 unspecified atom stereocenters. The third kappa shape index (κ3) is 7.54. The molecule has 1 aromatic carbocycles. The summed E-state index contributed by atoms with van der Waals surface area (Å²) in [7, 11) is 3.88. The van der Waals surface area contributed by atoms with Gasteiger partial charge in [0.05, 0.1) is 12.2 Å². The van der Waals surface area contributed by atoms with Crippen molar-refractivity contribution in [2.45, 2.75) is 39.2 Å². The van der Waals surface area contributed by atoms with Crippen molar-refractivity contribution in [1.82, 2.24) is 20.5 Å². The lowest BCUT2D eigenvalue weighted by Gasteiger charge is -2.14. The lowest BCUT2D eigenvalue weighted by atomic mass is 9.94. The second kappa shape index (κ2) is 11.8. The standard InChI is InChI=1S/C23H32N6O3S/c1-15-8-9-19(18(12-15)20(30)16-6-4-5-7-16)27-22(32)28-23-26-14-17(33-23)13-25-21(31)24-10-11-29(2)3/h8-9,12,14,16H,4-7,10-11,13H2,1-3H3,(H2,24,25,31)(H2,26,27,28,32). The molecule has 0 bridgehead atoms. The number of ketones is 1. The predicted molar refractivity (Wildman–Crippen MR) is 131 cm³/mol. The average molecular weight is 473 g/mol. The number of carbonyl (C=O) groups excluding carboxylic acids is 3. The van der Waals surface area contributed by atoms with E-state index in [9.17, 15) is 14.4 Å². The van der Waals surface area contributed by atoms with Gasteiger partial charge in [0.1, 0.15) is 0 Å². The number of rotatable bonds is 9. The fourth-order valence-corrected chi connectivity index (χ4v) is 4.45. The number of likely N-dealkylation sites (N-methyl/N-ethyl adjacent to an activating group) is 1. The third-order valence-corrected chi connectivity index (χ3v) is 6.37. The van der Waals surface area contributed by atoms with Crippen molar-refractivity contribution in [2.75, 3.05) is 37.8 Å². The number of hydrogen-bond donors (Lipinski definition) is 4. The van der Waals surface area contributed by atoms with E-state index in [4.69, 9.17) is 0 Å². The first-order valence-electron chi connectivity index (χ1n) is 11.2. The second-order valence-corrected chi connectivity index (χ2v) is 9.63. The van der Waals surface area contributed by atoms with Gasteiger partial charge in [0, 0.05) is 35.6 Å². The van der Waals surface area contributed by atoms with Gasteiger partial charge in [0.15, 0.2) is 10.9 Å². The molecule has 0 saturated heterocycles. The zero-order valence-corrected chi connectivity index (χ0v) is 20.2. The number of carbonyl (C=O) groups is 3. The molecule has 1 saturated carbocycles. The number of aromatic nitrogens is 1. The molecule has 4 N–H and O–H groups in total. The molecule has 1 fully saturated rings. The second-order valence-electron chi connectivity index (χ2n) is 8.52. The van der Waals surface area contributed by atoms with Gasteiger partial charge in [-0.1, -0.05) is 35.8 Å². The van der Waals surface area contributed by atoms with Gasteiger partial charge < -0.3 is 20.9 Å². The average Bonchev–Trinajstić information content (AvgIpc) is 3.45. The smallest absolute Gasteiger partial charge is 0.325 e. The van der Waals surface area contributed by atoms with Crippen molar-refractivity contribution in [1.29, 1.82) is 0 Å². The summed E-state index contributed by atoms with van der Waals surface area (Å²) in [6, 6.07) is 4.76. The van der Waals surface area contributed by atoms with E-state index >= 15 is 0 Å². The van der Waals surface area contributed by atoms with Gasteiger partial charge in [0.2, 0.25) is 0 Å². The molecule has 10 heteroatoms. The molecule has 1 aromatic heterocycles. The minimum Gasteiger partial charge on any atom is -0.337 e. The maximum atomic E-state index is 13.0. The third-order valence-electron chi connectivity index (χ3n) is 5.46. The van der Waals surface area contributed by atoms with E-state index in [0.717, 1.165) is 42.7 Å². The Morgan fingerprint density at radius 2 is 1.85 bits per heavy atom. The first-order valence-corrected chi connectivity index (χ1v) is 12.0. The zero-order valence-electron chi connectivity index (χ0n) is 19.4. The van der Waals surface area contributed by atoms with Crippen LogP contribution in [0.15, 0.2) is 24.4 Å². The number of benzene rings is 1. The van der Waals surface area contributed by atoms with E-state index in [2.05, 4.69) is 26.3 Å². The van der Waals surface area contributed by atoms with Crippen LogP contribution in [0, 0.1) is 12.8 Å². The number of hydrogen-bond acceptors (Lipinski definition) is 6. The summed E-state index contributed by atoms with van der Waals surface area (Å²) >= 11 is 1.28. The highest BCUT2D eigenvalue weighted by Crippen LogP contribution is 2.31. The van der Waals surface area contributed by atoms with Crippen molar-refractivity contribution >= 4 is 40.0 Å². The van der Waals surface area contributed by atoms with Crippen LogP contribution in [0.3, 0.4) is 0 Å². The van der Waals surface area contributed by atoms with Crippen molar-refractivity contribution in [3.8, 4) is 0 Å². The number of amides is 4. The molecular formula is C23H32N6O3S. The number of thiazole rings is 1. The zero-order chi connectivity index (χ0) is 23.8. The molecule has 0 radical (unpaired) electrons. The van der Waals surface area contributed by atoms with Gasteiger partial charge >= 0.3 is 12.1 Å². The molecule has 1 aliphatic rings. The molecule has 0 aliphatic heterocycles. The van der Waals surface area contributed by atoms with Gasteiger partial charge in [-0.2, -0.15) is 0 Å². The molecule has 0 atom stereocenters. The normalized spacial score (nSPS) is 13.7. The first-order chi connectivity index (χ1) is 15.8. The van der Waals surface area contributed by atoms with Gasteiger partial charge in [-0.05, 0) is 46.0 Å². The Bertz CT molecular complexity index is 984. The fourth-order valence-electron chi connectivity index (χ4n) is 3.70. The van der Waals surface area contributed by atoms with Crippen LogP contribution in [-0.2, 0) is 6.54 Å². The molecule has 4 amide bonds. The van der Waals surface area contributed by atoms with Gasteiger partial charge in [-0.3, -0.25) is 10.1 Å². The van der Waals surface area contributed by atoms with Crippen LogP contribution in [0.25, 0.3) is 0 Å². The summed E-state index contributed by atoms with van der Waals surface area (Å²) in [5.41, 5.74) is 2.04. The molecule has 0 spiro atoms. The summed E-state index contributed by atoms with van der Waals surface area (Å²) in [6.45, 7) is 3.56. The molecule has 9 nitrogen and oxygen atoms in total. The van der Waals surface area contributed by atoms with Gasteiger partial charge in [0.25, 0.3) is 0 Å². The van der Waals surface area contributed by atoms with E-state index < -0.39 is 6.03 Å². The van der Waals surface area contributed by atoms with Crippen molar-refractivity contribution in [2.24, 2.45) is 5.92 Å². The number of anilines is 2. The molecule has 1 heterocycles. The summed E-state index contributed by atoms with van der Waals surface area (Å²) < 4.78 is 0. The molecular weight excluding hydrogens is 440 g/mol. The van der Waals surface area contributed by atoms with E-state index in [-0.39, 0.29) is 17.7 Å². The Kier molecular flexibility index (Phi) is 8.79. The number of nitrogens with zero attached hydrogens (tertiary/aromatic N) is 2. The summed E-state index contributed by atoms with van der Waals surface area (Å²) in [6.07, 6.45) is 5.57. The molecule has 178 valence electrons. The monoisotopic (exact) mass is 472 g/mol. The fraction of sp³-hybridized carbons (Fsp3) is 0.478. The Labute approximate surface area is 198 Å². The van der Waals surface area contributed by atoms with Crippen molar-refractivity contribution in [3.63, 3.8) is 0 Å². The molecule has 33 heavy (non-hydrogen) atoms. The van der Waals surface area contributed by atoms with Crippen LogP contribution >= 0.6 is 11.3 Å². The summed E-state index contributed by atoms with van der Waals surface area (Å²) in [4.78, 5) is 44.3. The van der Waals surface area contributed by atoms with Gasteiger partial charge in [-0.15, -0.1) is 0 Å². The highest BCUT2D eigenvalue weighted by molar-refractivity contribution is 7.15. The Morgan fingerprint density at radius 3 is 2.58 bits per heavy atom. The molecule has 1 aliphatic carbocycles. The predicted octanol–water partition coefficient (Wildman–Crippen LogP) is 3.83. The highest BCUT2D eigenvalue weighted by Gasteiger charge is 2.26. The van der Waals surface area contributed by atoms with Crippen LogP contribution < -0.4 is 21.3 Å². The number of aryl methyl sites for hydroxylation is 1. The van der Waals surface area contributed by atoms with Crippen LogP contribution in [0.1, 0.15) is 46.5 Å². The Hall–Kier alpha value is -2.98.